The van der Waals surface area contributed by atoms with Gasteiger partial charge in [0.25, 0.3) is 0 Å². The maximum absolute atomic E-state index is 14.4. The molecule has 0 amide bonds. The number of benzene rings is 1. The summed E-state index contributed by atoms with van der Waals surface area (Å²) in [6.45, 7) is 5.81. The first-order chi connectivity index (χ1) is 12.7. The predicted molar refractivity (Wildman–Crippen MR) is 99.9 cm³/mol. The van der Waals surface area contributed by atoms with Gasteiger partial charge in [0.15, 0.2) is 5.96 Å². The zero-order chi connectivity index (χ0) is 18.4. The Balaban J connectivity index is 1.67. The first-order valence-corrected chi connectivity index (χ1v) is 9.01. The molecule has 140 valence electrons. The molecule has 1 fully saturated rings. The lowest BCUT2D eigenvalue weighted by molar-refractivity contribution is 0.181. The predicted octanol–water partition coefficient (Wildman–Crippen LogP) is 2.45. The van der Waals surface area contributed by atoms with Crippen LogP contribution in [0.5, 0.6) is 0 Å². The first-order valence-electron chi connectivity index (χ1n) is 9.01. The van der Waals surface area contributed by atoms with Gasteiger partial charge < -0.3 is 19.5 Å². The smallest absolute Gasteiger partial charge is 0.193 e. The van der Waals surface area contributed by atoms with Crippen molar-refractivity contribution in [2.45, 2.75) is 19.9 Å². The van der Waals surface area contributed by atoms with E-state index < -0.39 is 0 Å². The molecule has 1 aromatic carbocycles. The van der Waals surface area contributed by atoms with E-state index in [9.17, 15) is 4.39 Å². The van der Waals surface area contributed by atoms with Gasteiger partial charge in [0, 0.05) is 45.1 Å². The number of hydrogen-bond donors (Lipinski definition) is 1. The fraction of sp³-hybridized carbons (Fsp3) is 0.474. The van der Waals surface area contributed by atoms with Crippen molar-refractivity contribution in [2.24, 2.45) is 10.9 Å². The maximum atomic E-state index is 14.4. The number of rotatable bonds is 6. The molecule has 6 nitrogen and oxygen atoms in total. The average Bonchev–Trinajstić information content (AvgIpc) is 3.32. The zero-order valence-corrected chi connectivity index (χ0v) is 15.4. The fourth-order valence-corrected chi connectivity index (χ4v) is 3.10. The van der Waals surface area contributed by atoms with Crippen LogP contribution < -0.4 is 5.32 Å². The highest BCUT2D eigenvalue weighted by Crippen LogP contribution is 2.16. The molecule has 0 radical (unpaired) electrons. The summed E-state index contributed by atoms with van der Waals surface area (Å²) < 4.78 is 21.5. The van der Waals surface area contributed by atoms with Crippen LogP contribution in [0.2, 0.25) is 0 Å². The summed E-state index contributed by atoms with van der Waals surface area (Å²) in [4.78, 5) is 10.7. The van der Waals surface area contributed by atoms with E-state index in [0.29, 0.717) is 18.2 Å². The summed E-state index contributed by atoms with van der Waals surface area (Å²) >= 11 is 0. The highest BCUT2D eigenvalue weighted by Gasteiger charge is 2.19. The Morgan fingerprint density at radius 3 is 3.04 bits per heavy atom. The summed E-state index contributed by atoms with van der Waals surface area (Å²) in [5.74, 6) is 1.09. The van der Waals surface area contributed by atoms with Gasteiger partial charge in [0.2, 0.25) is 0 Å². The molecule has 0 spiro atoms. The Bertz CT molecular complexity index is 726. The standard InChI is InChI=1S/C19H26FN5O/c1-3-22-19(24(2)12-16-6-9-26-13-16)23-11-15-4-5-18(17(20)10-15)25-8-7-21-14-25/h4-5,7-8,10,14,16H,3,6,9,11-13H2,1-2H3,(H,22,23). The average molecular weight is 359 g/mol. The molecular weight excluding hydrogens is 333 g/mol. The molecule has 3 rings (SSSR count). The van der Waals surface area contributed by atoms with Crippen molar-refractivity contribution in [3.05, 3.63) is 48.3 Å². The molecule has 0 aliphatic carbocycles. The van der Waals surface area contributed by atoms with Crippen molar-refractivity contribution in [1.29, 1.82) is 0 Å². The molecule has 1 aliphatic heterocycles. The van der Waals surface area contributed by atoms with Gasteiger partial charge in [0.1, 0.15) is 5.82 Å². The third-order valence-electron chi connectivity index (χ3n) is 4.46. The van der Waals surface area contributed by atoms with E-state index >= 15 is 0 Å². The second kappa shape index (κ2) is 8.80. The normalized spacial score (nSPS) is 17.5. The van der Waals surface area contributed by atoms with Crippen LogP contribution in [-0.4, -0.2) is 53.8 Å². The third kappa shape index (κ3) is 4.60. The van der Waals surface area contributed by atoms with Gasteiger partial charge in [-0.3, -0.25) is 0 Å². The van der Waals surface area contributed by atoms with Crippen LogP contribution >= 0.6 is 0 Å². The van der Waals surface area contributed by atoms with Crippen molar-refractivity contribution < 1.29 is 9.13 Å². The molecular formula is C19H26FN5O. The summed E-state index contributed by atoms with van der Waals surface area (Å²) in [7, 11) is 2.03. The number of hydrogen-bond acceptors (Lipinski definition) is 3. The summed E-state index contributed by atoms with van der Waals surface area (Å²) in [5, 5.41) is 3.30. The number of aromatic nitrogens is 2. The van der Waals surface area contributed by atoms with Crippen molar-refractivity contribution in [2.75, 3.05) is 33.4 Å². The molecule has 2 aromatic rings. The summed E-state index contributed by atoms with van der Waals surface area (Å²) in [5.41, 5.74) is 1.32. The lowest BCUT2D eigenvalue weighted by Crippen LogP contribution is -2.41. The van der Waals surface area contributed by atoms with Crippen molar-refractivity contribution in [1.82, 2.24) is 19.8 Å². The second-order valence-corrected chi connectivity index (χ2v) is 6.54. The Hall–Kier alpha value is -2.41. The Morgan fingerprint density at radius 1 is 1.50 bits per heavy atom. The van der Waals surface area contributed by atoms with E-state index in [1.807, 2.05) is 20.0 Å². The third-order valence-corrected chi connectivity index (χ3v) is 4.46. The van der Waals surface area contributed by atoms with Crippen LogP contribution in [0.1, 0.15) is 18.9 Å². The summed E-state index contributed by atoms with van der Waals surface area (Å²) in [6, 6.07) is 5.19. The van der Waals surface area contributed by atoms with Crippen molar-refractivity contribution >= 4 is 5.96 Å². The minimum absolute atomic E-state index is 0.280. The fourth-order valence-electron chi connectivity index (χ4n) is 3.10. The second-order valence-electron chi connectivity index (χ2n) is 6.54. The highest BCUT2D eigenvalue weighted by molar-refractivity contribution is 5.79. The maximum Gasteiger partial charge on any atom is 0.193 e. The molecule has 0 saturated carbocycles. The molecule has 7 heteroatoms. The SMILES string of the molecule is CCNC(=NCc1ccc(-n2ccnc2)c(F)c1)N(C)CC1CCOC1. The minimum Gasteiger partial charge on any atom is -0.381 e. The molecule has 1 aliphatic rings. The number of ether oxygens (including phenoxy) is 1. The van der Waals surface area contributed by atoms with E-state index in [2.05, 4.69) is 20.2 Å². The number of nitrogens with one attached hydrogen (secondary N) is 1. The van der Waals surface area contributed by atoms with Crippen molar-refractivity contribution in [3.63, 3.8) is 0 Å². The van der Waals surface area contributed by atoms with E-state index in [4.69, 9.17) is 4.74 Å². The summed E-state index contributed by atoms with van der Waals surface area (Å²) in [6.07, 6.45) is 6.03. The molecule has 0 bridgehead atoms. The van der Waals surface area contributed by atoms with E-state index in [-0.39, 0.29) is 5.82 Å². The van der Waals surface area contributed by atoms with Crippen LogP contribution in [0, 0.1) is 11.7 Å². The van der Waals surface area contributed by atoms with Crippen LogP contribution in [0.15, 0.2) is 41.9 Å². The van der Waals surface area contributed by atoms with Gasteiger partial charge in [0.05, 0.1) is 25.2 Å². The lowest BCUT2D eigenvalue weighted by atomic mass is 10.1. The quantitative estimate of drug-likeness (QED) is 0.636. The molecule has 2 heterocycles. The van der Waals surface area contributed by atoms with Gasteiger partial charge in [-0.05, 0) is 31.0 Å². The lowest BCUT2D eigenvalue weighted by Gasteiger charge is -2.24. The Morgan fingerprint density at radius 2 is 2.38 bits per heavy atom. The Labute approximate surface area is 153 Å². The monoisotopic (exact) mass is 359 g/mol. The highest BCUT2D eigenvalue weighted by atomic mass is 19.1. The molecule has 1 aromatic heterocycles. The molecule has 1 atom stereocenters. The van der Waals surface area contributed by atoms with Crippen LogP contribution in [0.4, 0.5) is 4.39 Å². The number of imidazole rings is 1. The molecule has 26 heavy (non-hydrogen) atoms. The largest absolute Gasteiger partial charge is 0.381 e. The molecule has 1 N–H and O–H groups in total. The van der Waals surface area contributed by atoms with Crippen LogP contribution in [0.3, 0.4) is 0 Å². The number of nitrogens with zero attached hydrogens (tertiary/aromatic N) is 4. The van der Waals surface area contributed by atoms with Gasteiger partial charge in [-0.2, -0.15) is 0 Å². The number of guanidine groups is 1. The minimum atomic E-state index is -0.280. The zero-order valence-electron chi connectivity index (χ0n) is 15.4. The van der Waals surface area contributed by atoms with Gasteiger partial charge in [-0.1, -0.05) is 6.07 Å². The Kier molecular flexibility index (Phi) is 6.22. The molecule has 1 saturated heterocycles. The van der Waals surface area contributed by atoms with Gasteiger partial charge in [-0.15, -0.1) is 0 Å². The van der Waals surface area contributed by atoms with Gasteiger partial charge in [-0.25, -0.2) is 14.4 Å². The topological polar surface area (TPSA) is 54.7 Å². The van der Waals surface area contributed by atoms with E-state index in [1.54, 1.807) is 29.4 Å². The van der Waals surface area contributed by atoms with E-state index in [0.717, 1.165) is 44.2 Å². The number of halogens is 1. The van der Waals surface area contributed by atoms with Crippen LogP contribution in [-0.2, 0) is 11.3 Å². The van der Waals surface area contributed by atoms with Crippen LogP contribution in [0.25, 0.3) is 5.69 Å². The molecule has 1 unspecified atom stereocenters. The van der Waals surface area contributed by atoms with Crippen molar-refractivity contribution in [3.8, 4) is 5.69 Å². The van der Waals surface area contributed by atoms with E-state index in [1.165, 1.54) is 6.07 Å². The first kappa shape index (κ1) is 18.4. The van der Waals surface area contributed by atoms with Gasteiger partial charge >= 0.3 is 0 Å². The number of aliphatic imine (C=N–C) groups is 1.